The van der Waals surface area contributed by atoms with Gasteiger partial charge in [0, 0.05) is 30.4 Å². The van der Waals surface area contributed by atoms with Crippen LogP contribution >= 0.6 is 0 Å². The van der Waals surface area contributed by atoms with E-state index >= 15 is 0 Å². The summed E-state index contributed by atoms with van der Waals surface area (Å²) in [6.45, 7) is 7.46. The number of aromatic nitrogens is 3. The van der Waals surface area contributed by atoms with Gasteiger partial charge < -0.3 is 20.5 Å². The SMILES string of the molecule is C=CC(=O)N1[C@@H]2CC[C@H]1C[C@@H](Nc1cnc3[nH]cc(C(=O)NC(C)C)c3n1)C2. The lowest BCUT2D eigenvalue weighted by Crippen LogP contribution is -2.49. The lowest BCUT2D eigenvalue weighted by atomic mass is 9.97. The molecule has 2 bridgehead atoms. The smallest absolute Gasteiger partial charge is 0.255 e. The number of amides is 2. The fraction of sp³-hybridized carbons (Fsp3) is 0.500. The van der Waals surface area contributed by atoms with Crippen LogP contribution in [0.2, 0.25) is 0 Å². The molecule has 2 aromatic heterocycles. The molecule has 4 rings (SSSR count). The molecule has 2 aromatic rings. The van der Waals surface area contributed by atoms with Crippen molar-refractivity contribution in [1.82, 2.24) is 25.2 Å². The first-order valence-electron chi connectivity index (χ1n) is 9.82. The maximum Gasteiger partial charge on any atom is 0.255 e. The molecule has 3 N–H and O–H groups in total. The van der Waals surface area contributed by atoms with Crippen molar-refractivity contribution in [2.75, 3.05) is 5.32 Å². The zero-order chi connectivity index (χ0) is 19.8. The quantitative estimate of drug-likeness (QED) is 0.688. The highest BCUT2D eigenvalue weighted by Crippen LogP contribution is 2.36. The van der Waals surface area contributed by atoms with Crippen molar-refractivity contribution in [2.24, 2.45) is 0 Å². The molecule has 0 saturated carbocycles. The predicted molar refractivity (Wildman–Crippen MR) is 107 cm³/mol. The van der Waals surface area contributed by atoms with Gasteiger partial charge in [-0.15, -0.1) is 0 Å². The van der Waals surface area contributed by atoms with E-state index in [4.69, 9.17) is 0 Å². The molecule has 0 radical (unpaired) electrons. The second-order valence-electron chi connectivity index (χ2n) is 7.93. The normalized spacial score (nSPS) is 23.8. The highest BCUT2D eigenvalue weighted by molar-refractivity contribution is 6.04. The topological polar surface area (TPSA) is 103 Å². The summed E-state index contributed by atoms with van der Waals surface area (Å²) in [5.41, 5.74) is 1.64. The van der Waals surface area contributed by atoms with E-state index in [9.17, 15) is 9.59 Å². The van der Waals surface area contributed by atoms with Crippen molar-refractivity contribution < 1.29 is 9.59 Å². The molecule has 0 aromatic carbocycles. The molecule has 4 heterocycles. The first kappa shape index (κ1) is 18.5. The molecule has 8 nitrogen and oxygen atoms in total. The minimum Gasteiger partial charge on any atom is -0.366 e. The molecule has 148 valence electrons. The summed E-state index contributed by atoms with van der Waals surface area (Å²) in [6, 6.07) is 0.770. The van der Waals surface area contributed by atoms with Crippen LogP contribution in [-0.4, -0.2) is 55.8 Å². The van der Waals surface area contributed by atoms with Crippen LogP contribution in [0.1, 0.15) is 49.9 Å². The average molecular weight is 382 g/mol. The second-order valence-corrected chi connectivity index (χ2v) is 7.93. The number of piperidine rings is 1. The molecule has 2 fully saturated rings. The number of nitrogens with zero attached hydrogens (tertiary/aromatic N) is 3. The maximum atomic E-state index is 12.4. The van der Waals surface area contributed by atoms with E-state index in [-0.39, 0.29) is 36.0 Å². The Morgan fingerprint density at radius 2 is 2.04 bits per heavy atom. The van der Waals surface area contributed by atoms with E-state index in [1.165, 1.54) is 6.08 Å². The maximum absolute atomic E-state index is 12.4. The van der Waals surface area contributed by atoms with Crippen LogP contribution in [0.25, 0.3) is 11.2 Å². The van der Waals surface area contributed by atoms with E-state index in [1.807, 2.05) is 18.7 Å². The molecule has 0 unspecified atom stereocenters. The summed E-state index contributed by atoms with van der Waals surface area (Å²) >= 11 is 0. The van der Waals surface area contributed by atoms with Crippen LogP contribution < -0.4 is 10.6 Å². The number of hydrogen-bond acceptors (Lipinski definition) is 5. The van der Waals surface area contributed by atoms with Gasteiger partial charge in [0.25, 0.3) is 5.91 Å². The van der Waals surface area contributed by atoms with Gasteiger partial charge in [-0.2, -0.15) is 0 Å². The fourth-order valence-corrected chi connectivity index (χ4v) is 4.44. The van der Waals surface area contributed by atoms with Crippen LogP contribution in [0.5, 0.6) is 0 Å². The molecule has 2 aliphatic heterocycles. The molecular weight excluding hydrogens is 356 g/mol. The van der Waals surface area contributed by atoms with Gasteiger partial charge in [0.15, 0.2) is 5.65 Å². The molecule has 2 amide bonds. The van der Waals surface area contributed by atoms with Crippen molar-refractivity contribution in [3.8, 4) is 0 Å². The molecular formula is C20H26N6O2. The van der Waals surface area contributed by atoms with Gasteiger partial charge in [-0.3, -0.25) is 9.59 Å². The molecule has 3 atom stereocenters. The molecule has 8 heteroatoms. The molecule has 0 spiro atoms. The van der Waals surface area contributed by atoms with Gasteiger partial charge in [0.1, 0.15) is 11.3 Å². The molecule has 2 aliphatic rings. The lowest BCUT2D eigenvalue weighted by molar-refractivity contribution is -0.130. The van der Waals surface area contributed by atoms with Gasteiger partial charge in [0.2, 0.25) is 5.91 Å². The van der Waals surface area contributed by atoms with Crippen LogP contribution in [0.4, 0.5) is 5.82 Å². The number of H-pyrrole nitrogens is 1. The third-order valence-corrected chi connectivity index (χ3v) is 5.56. The zero-order valence-corrected chi connectivity index (χ0v) is 16.2. The Balaban J connectivity index is 1.51. The highest BCUT2D eigenvalue weighted by atomic mass is 16.2. The third-order valence-electron chi connectivity index (χ3n) is 5.56. The Labute approximate surface area is 163 Å². The van der Waals surface area contributed by atoms with Gasteiger partial charge in [-0.25, -0.2) is 9.97 Å². The Bertz CT molecular complexity index is 907. The van der Waals surface area contributed by atoms with E-state index in [2.05, 4.69) is 32.2 Å². The highest BCUT2D eigenvalue weighted by Gasteiger charge is 2.42. The minimum atomic E-state index is -0.165. The first-order valence-corrected chi connectivity index (χ1v) is 9.82. The Kier molecular flexibility index (Phi) is 4.78. The number of rotatable bonds is 5. The number of carbonyl (C=O) groups is 2. The van der Waals surface area contributed by atoms with Gasteiger partial charge in [0.05, 0.1) is 11.8 Å². The van der Waals surface area contributed by atoms with Crippen LogP contribution in [0.3, 0.4) is 0 Å². The average Bonchev–Trinajstić information content (AvgIpc) is 3.19. The van der Waals surface area contributed by atoms with Crippen molar-refractivity contribution in [2.45, 2.75) is 63.7 Å². The Morgan fingerprint density at radius 1 is 1.32 bits per heavy atom. The van der Waals surface area contributed by atoms with Gasteiger partial charge in [-0.05, 0) is 45.6 Å². The van der Waals surface area contributed by atoms with Crippen molar-refractivity contribution in [1.29, 1.82) is 0 Å². The Morgan fingerprint density at radius 3 is 2.68 bits per heavy atom. The van der Waals surface area contributed by atoms with E-state index in [0.29, 0.717) is 22.5 Å². The predicted octanol–water partition coefficient (Wildman–Crippen LogP) is 2.22. The number of hydrogen-bond donors (Lipinski definition) is 3. The van der Waals surface area contributed by atoms with E-state index in [0.717, 1.165) is 25.7 Å². The Hall–Kier alpha value is -2.90. The summed E-state index contributed by atoms with van der Waals surface area (Å²) in [5.74, 6) is 0.515. The van der Waals surface area contributed by atoms with Crippen molar-refractivity contribution >= 4 is 28.8 Å². The number of nitrogens with one attached hydrogen (secondary N) is 3. The number of fused-ring (bicyclic) bond motifs is 3. The standard InChI is InChI=1S/C20H26N6O2/c1-4-17(27)26-13-5-6-14(26)8-12(7-13)24-16-10-22-19-18(25-16)15(9-21-19)20(28)23-11(2)3/h4,9-14H,1,5-8H2,2-3H3,(H,21,22)(H,23,28)(H,24,25)/t12-,13+,14-. The third kappa shape index (κ3) is 3.34. The summed E-state index contributed by atoms with van der Waals surface area (Å²) in [7, 11) is 0. The number of aromatic amines is 1. The van der Waals surface area contributed by atoms with Gasteiger partial charge >= 0.3 is 0 Å². The summed E-state index contributed by atoms with van der Waals surface area (Å²) < 4.78 is 0. The number of anilines is 1. The minimum absolute atomic E-state index is 0.0280. The lowest BCUT2D eigenvalue weighted by Gasteiger charge is -2.38. The summed E-state index contributed by atoms with van der Waals surface area (Å²) in [4.78, 5) is 38.5. The zero-order valence-electron chi connectivity index (χ0n) is 16.2. The van der Waals surface area contributed by atoms with Crippen LogP contribution in [-0.2, 0) is 4.79 Å². The monoisotopic (exact) mass is 382 g/mol. The van der Waals surface area contributed by atoms with Crippen molar-refractivity contribution in [3.63, 3.8) is 0 Å². The largest absolute Gasteiger partial charge is 0.366 e. The van der Waals surface area contributed by atoms with Crippen LogP contribution in [0, 0.1) is 0 Å². The molecule has 2 saturated heterocycles. The van der Waals surface area contributed by atoms with Crippen molar-refractivity contribution in [3.05, 3.63) is 30.6 Å². The van der Waals surface area contributed by atoms with E-state index < -0.39 is 0 Å². The summed E-state index contributed by atoms with van der Waals surface area (Å²) in [6.07, 6.45) is 8.56. The van der Waals surface area contributed by atoms with Gasteiger partial charge in [-0.1, -0.05) is 6.58 Å². The summed E-state index contributed by atoms with van der Waals surface area (Å²) in [5, 5.41) is 6.35. The first-order chi connectivity index (χ1) is 13.5. The second kappa shape index (κ2) is 7.26. The fourth-order valence-electron chi connectivity index (χ4n) is 4.44. The molecule has 28 heavy (non-hydrogen) atoms. The molecule has 0 aliphatic carbocycles. The number of carbonyl (C=O) groups excluding carboxylic acids is 2. The van der Waals surface area contributed by atoms with E-state index in [1.54, 1.807) is 12.4 Å². The van der Waals surface area contributed by atoms with Crippen LogP contribution in [0.15, 0.2) is 25.0 Å².